The van der Waals surface area contributed by atoms with E-state index in [1.165, 1.54) is 11.1 Å². The summed E-state index contributed by atoms with van der Waals surface area (Å²) in [6.45, 7) is 8.68. The Bertz CT molecular complexity index is 320. The van der Waals surface area contributed by atoms with Gasteiger partial charge in [0.05, 0.1) is 0 Å². The number of nitrogens with one attached hydrogen (secondary N) is 1. The average Bonchev–Trinajstić information content (AvgIpc) is 2.24. The van der Waals surface area contributed by atoms with Gasteiger partial charge in [-0.2, -0.15) is 0 Å². The molecule has 0 aliphatic heterocycles. The smallest absolute Gasteiger partial charge is 0.0235 e. The predicted molar refractivity (Wildman–Crippen MR) is 72.4 cm³/mol. The molecule has 0 fully saturated rings. The first-order valence-electron chi connectivity index (χ1n) is 5.90. The van der Waals surface area contributed by atoms with E-state index in [9.17, 15) is 0 Å². The molecule has 1 N–H and O–H groups in total. The zero-order valence-electron chi connectivity index (χ0n) is 10.5. The Labute approximate surface area is 104 Å². The molecule has 1 aromatic rings. The van der Waals surface area contributed by atoms with E-state index >= 15 is 0 Å². The fourth-order valence-corrected chi connectivity index (χ4v) is 1.89. The lowest BCUT2D eigenvalue weighted by Gasteiger charge is -2.26. The Morgan fingerprint density at radius 3 is 2.69 bits per heavy atom. The Morgan fingerprint density at radius 2 is 2.06 bits per heavy atom. The maximum atomic E-state index is 5.65. The molecule has 0 bridgehead atoms. The van der Waals surface area contributed by atoms with Crippen molar-refractivity contribution in [3.63, 3.8) is 0 Å². The molecular weight excluding hydrogens is 218 g/mol. The van der Waals surface area contributed by atoms with Crippen LogP contribution in [0.3, 0.4) is 0 Å². The average molecular weight is 240 g/mol. The van der Waals surface area contributed by atoms with Crippen LogP contribution in [0, 0.1) is 6.92 Å². The summed E-state index contributed by atoms with van der Waals surface area (Å²) in [5, 5.41) is 3.46. The lowest BCUT2D eigenvalue weighted by atomic mass is 9.84. The molecule has 0 atom stereocenters. The highest BCUT2D eigenvalue weighted by Gasteiger charge is 2.19. The third kappa shape index (κ3) is 4.15. The first-order valence-corrected chi connectivity index (χ1v) is 6.43. The van der Waals surface area contributed by atoms with Crippen LogP contribution in [0.4, 0.5) is 0 Å². The van der Waals surface area contributed by atoms with E-state index in [-0.39, 0.29) is 5.41 Å². The number of hydrogen-bond acceptors (Lipinski definition) is 1. The Kier molecular flexibility index (Phi) is 5.30. The van der Waals surface area contributed by atoms with Crippen molar-refractivity contribution in [1.29, 1.82) is 0 Å². The Balaban J connectivity index is 2.55. The van der Waals surface area contributed by atoms with E-state index in [0.717, 1.165) is 25.4 Å². The van der Waals surface area contributed by atoms with Crippen molar-refractivity contribution >= 4 is 11.6 Å². The monoisotopic (exact) mass is 239 g/mol. The van der Waals surface area contributed by atoms with Crippen molar-refractivity contribution in [3.8, 4) is 0 Å². The first-order chi connectivity index (χ1) is 7.56. The molecule has 0 saturated carbocycles. The second kappa shape index (κ2) is 6.27. The molecule has 16 heavy (non-hydrogen) atoms. The van der Waals surface area contributed by atoms with Gasteiger partial charge in [-0.1, -0.05) is 43.7 Å². The van der Waals surface area contributed by atoms with Gasteiger partial charge in [0, 0.05) is 17.8 Å². The minimum Gasteiger partial charge on any atom is -0.316 e. The Morgan fingerprint density at radius 1 is 1.31 bits per heavy atom. The second-order valence-electron chi connectivity index (χ2n) is 4.97. The largest absolute Gasteiger partial charge is 0.316 e. The van der Waals surface area contributed by atoms with Gasteiger partial charge in [0.1, 0.15) is 0 Å². The zero-order valence-corrected chi connectivity index (χ0v) is 11.3. The molecule has 0 heterocycles. The lowest BCUT2D eigenvalue weighted by molar-refractivity contribution is 0.470. The standard InChI is InChI=1S/C14H22ClN/c1-12-6-4-7-13(10-12)14(2,3)11-16-9-5-8-15/h4,6-7,10,16H,5,8-9,11H2,1-3H3. The van der Waals surface area contributed by atoms with Gasteiger partial charge in [-0.3, -0.25) is 0 Å². The molecule has 0 aromatic heterocycles. The van der Waals surface area contributed by atoms with E-state index in [4.69, 9.17) is 11.6 Å². The van der Waals surface area contributed by atoms with Crippen LogP contribution in [0.5, 0.6) is 0 Å². The molecule has 1 aromatic carbocycles. The highest BCUT2D eigenvalue weighted by atomic mass is 35.5. The van der Waals surface area contributed by atoms with Gasteiger partial charge in [-0.05, 0) is 25.5 Å². The molecule has 0 spiro atoms. The molecule has 0 aliphatic carbocycles. The number of rotatable bonds is 6. The van der Waals surface area contributed by atoms with Gasteiger partial charge in [0.25, 0.3) is 0 Å². The fraction of sp³-hybridized carbons (Fsp3) is 0.571. The molecule has 0 unspecified atom stereocenters. The molecule has 1 nitrogen and oxygen atoms in total. The van der Waals surface area contributed by atoms with Crippen LogP contribution in [0.1, 0.15) is 31.4 Å². The summed E-state index contributed by atoms with van der Waals surface area (Å²) >= 11 is 5.65. The summed E-state index contributed by atoms with van der Waals surface area (Å²) in [6, 6.07) is 8.74. The summed E-state index contributed by atoms with van der Waals surface area (Å²) < 4.78 is 0. The van der Waals surface area contributed by atoms with Crippen molar-refractivity contribution in [2.24, 2.45) is 0 Å². The molecule has 1 rings (SSSR count). The van der Waals surface area contributed by atoms with E-state index in [1.807, 2.05) is 0 Å². The van der Waals surface area contributed by atoms with Crippen LogP contribution in [-0.4, -0.2) is 19.0 Å². The molecule has 0 amide bonds. The highest BCUT2D eigenvalue weighted by Crippen LogP contribution is 2.22. The molecule has 2 heteroatoms. The summed E-state index contributed by atoms with van der Waals surface area (Å²) in [4.78, 5) is 0. The first kappa shape index (κ1) is 13.5. The van der Waals surface area contributed by atoms with Crippen molar-refractivity contribution in [1.82, 2.24) is 5.32 Å². The summed E-state index contributed by atoms with van der Waals surface area (Å²) in [7, 11) is 0. The zero-order chi connectivity index (χ0) is 12.0. The van der Waals surface area contributed by atoms with Gasteiger partial charge in [0.15, 0.2) is 0 Å². The normalized spacial score (nSPS) is 11.8. The van der Waals surface area contributed by atoms with Crippen LogP contribution < -0.4 is 5.32 Å². The fourth-order valence-electron chi connectivity index (χ4n) is 1.76. The predicted octanol–water partition coefficient (Wildman–Crippen LogP) is 3.49. The molecule has 0 aliphatic rings. The summed E-state index contributed by atoms with van der Waals surface area (Å²) in [6.07, 6.45) is 1.03. The molecule has 0 radical (unpaired) electrons. The number of hydrogen-bond donors (Lipinski definition) is 1. The van der Waals surface area contributed by atoms with E-state index < -0.39 is 0 Å². The van der Waals surface area contributed by atoms with E-state index in [0.29, 0.717) is 0 Å². The minimum atomic E-state index is 0.179. The van der Waals surface area contributed by atoms with Crippen molar-refractivity contribution in [2.75, 3.05) is 19.0 Å². The SMILES string of the molecule is Cc1cccc(C(C)(C)CNCCCCl)c1. The lowest BCUT2D eigenvalue weighted by Crippen LogP contribution is -2.33. The van der Waals surface area contributed by atoms with E-state index in [2.05, 4.69) is 50.4 Å². The van der Waals surface area contributed by atoms with Crippen LogP contribution in [0.15, 0.2) is 24.3 Å². The van der Waals surface area contributed by atoms with Gasteiger partial charge in [0.2, 0.25) is 0 Å². The van der Waals surface area contributed by atoms with Crippen molar-refractivity contribution in [2.45, 2.75) is 32.6 Å². The second-order valence-corrected chi connectivity index (χ2v) is 5.35. The Hall–Kier alpha value is -0.530. The maximum Gasteiger partial charge on any atom is 0.0235 e. The minimum absolute atomic E-state index is 0.179. The molecular formula is C14H22ClN. The molecule has 0 saturated heterocycles. The van der Waals surface area contributed by atoms with Crippen LogP contribution in [0.25, 0.3) is 0 Å². The van der Waals surface area contributed by atoms with Gasteiger partial charge < -0.3 is 5.32 Å². The third-order valence-corrected chi connectivity index (χ3v) is 3.12. The number of alkyl halides is 1. The van der Waals surface area contributed by atoms with Gasteiger partial charge in [-0.25, -0.2) is 0 Å². The van der Waals surface area contributed by atoms with Gasteiger partial charge in [-0.15, -0.1) is 11.6 Å². The van der Waals surface area contributed by atoms with Crippen molar-refractivity contribution < 1.29 is 0 Å². The maximum absolute atomic E-state index is 5.65. The quantitative estimate of drug-likeness (QED) is 0.592. The van der Waals surface area contributed by atoms with Crippen molar-refractivity contribution in [3.05, 3.63) is 35.4 Å². The van der Waals surface area contributed by atoms with Crippen LogP contribution in [0.2, 0.25) is 0 Å². The third-order valence-electron chi connectivity index (χ3n) is 2.85. The van der Waals surface area contributed by atoms with Crippen LogP contribution in [-0.2, 0) is 5.41 Å². The topological polar surface area (TPSA) is 12.0 Å². The summed E-state index contributed by atoms with van der Waals surface area (Å²) in [5.41, 5.74) is 2.90. The summed E-state index contributed by atoms with van der Waals surface area (Å²) in [5.74, 6) is 0.734. The van der Waals surface area contributed by atoms with Crippen LogP contribution >= 0.6 is 11.6 Å². The number of halogens is 1. The van der Waals surface area contributed by atoms with Gasteiger partial charge >= 0.3 is 0 Å². The highest BCUT2D eigenvalue weighted by molar-refractivity contribution is 6.17. The molecule has 90 valence electrons. The number of aryl methyl sites for hydroxylation is 1. The van der Waals surface area contributed by atoms with E-state index in [1.54, 1.807) is 0 Å². The number of benzene rings is 1.